The summed E-state index contributed by atoms with van der Waals surface area (Å²) >= 11 is 0. The van der Waals surface area contributed by atoms with Crippen LogP contribution in [0.4, 0.5) is 11.6 Å². The van der Waals surface area contributed by atoms with Crippen molar-refractivity contribution in [2.24, 2.45) is 0 Å². The number of carbonyl (C=O) groups excluding carboxylic acids is 1. The summed E-state index contributed by atoms with van der Waals surface area (Å²) < 4.78 is 1.71. The zero-order chi connectivity index (χ0) is 20.9. The van der Waals surface area contributed by atoms with Crippen LogP contribution >= 0.6 is 0 Å². The summed E-state index contributed by atoms with van der Waals surface area (Å²) in [5, 5.41) is 14.5. The number of aromatic nitrogens is 5. The molecular weight excluding hydrogens is 378 g/mol. The topological polar surface area (TPSA) is 97.6 Å². The average Bonchev–Trinajstić information content (AvgIpc) is 3.31. The lowest BCUT2D eigenvalue weighted by atomic mass is 9.87. The van der Waals surface area contributed by atoms with Crippen LogP contribution in [0.1, 0.15) is 42.3 Å². The van der Waals surface area contributed by atoms with E-state index < -0.39 is 0 Å². The van der Waals surface area contributed by atoms with Gasteiger partial charge in [-0.2, -0.15) is 9.67 Å². The van der Waals surface area contributed by atoms with Crippen molar-refractivity contribution >= 4 is 28.7 Å². The van der Waals surface area contributed by atoms with Gasteiger partial charge in [0.2, 0.25) is 5.95 Å². The van der Waals surface area contributed by atoms with Gasteiger partial charge in [0.1, 0.15) is 0 Å². The van der Waals surface area contributed by atoms with Gasteiger partial charge in [0.15, 0.2) is 11.2 Å². The highest BCUT2D eigenvalue weighted by molar-refractivity contribution is 5.98. The van der Waals surface area contributed by atoms with Gasteiger partial charge in [-0.1, -0.05) is 38.1 Å². The van der Waals surface area contributed by atoms with Crippen LogP contribution < -0.4 is 10.6 Å². The number of carbonyl (C=O) groups is 1. The number of nitrogens with zero attached hydrogens (tertiary/aromatic N) is 5. The van der Waals surface area contributed by atoms with Crippen LogP contribution in [0.25, 0.3) is 16.9 Å². The maximum atomic E-state index is 11.7. The molecule has 0 bridgehead atoms. The van der Waals surface area contributed by atoms with Crippen molar-refractivity contribution in [2.45, 2.75) is 32.7 Å². The van der Waals surface area contributed by atoms with Crippen molar-refractivity contribution in [3.63, 3.8) is 0 Å². The van der Waals surface area contributed by atoms with E-state index >= 15 is 0 Å². The second kappa shape index (κ2) is 6.62. The summed E-state index contributed by atoms with van der Waals surface area (Å²) in [6.07, 6.45) is 1.65. The fraction of sp³-hybridized carbons (Fsp3) is 0.227. The van der Waals surface area contributed by atoms with Crippen LogP contribution in [0.5, 0.6) is 0 Å². The average molecular weight is 399 g/mol. The van der Waals surface area contributed by atoms with Gasteiger partial charge in [-0.3, -0.25) is 4.79 Å². The van der Waals surface area contributed by atoms with Crippen LogP contribution in [-0.4, -0.2) is 30.9 Å². The second-order valence-electron chi connectivity index (χ2n) is 8.38. The molecule has 0 spiro atoms. The Hall–Kier alpha value is -3.81. The van der Waals surface area contributed by atoms with E-state index in [1.165, 1.54) is 5.56 Å². The highest BCUT2D eigenvalue weighted by atomic mass is 16.1. The molecule has 2 N–H and O–H groups in total. The van der Waals surface area contributed by atoms with E-state index in [4.69, 9.17) is 0 Å². The lowest BCUT2D eigenvalue weighted by Gasteiger charge is -2.19. The predicted octanol–water partition coefficient (Wildman–Crippen LogP) is 3.50. The minimum atomic E-state index is -0.0401. The molecule has 8 heteroatoms. The maximum Gasteiger partial charge on any atom is 0.251 e. The zero-order valence-electron chi connectivity index (χ0n) is 17.0. The third-order valence-corrected chi connectivity index (χ3v) is 5.22. The van der Waals surface area contributed by atoms with Crippen LogP contribution in [0.2, 0.25) is 0 Å². The van der Waals surface area contributed by atoms with Gasteiger partial charge in [0, 0.05) is 17.8 Å². The lowest BCUT2D eigenvalue weighted by Crippen LogP contribution is -2.12. The molecule has 30 heavy (non-hydrogen) atoms. The first-order valence-corrected chi connectivity index (χ1v) is 9.76. The summed E-state index contributed by atoms with van der Waals surface area (Å²) in [7, 11) is 0. The monoisotopic (exact) mass is 399 g/mol. The van der Waals surface area contributed by atoms with Crippen LogP contribution in [0, 0.1) is 0 Å². The van der Waals surface area contributed by atoms with E-state index in [2.05, 4.69) is 63.8 Å². The molecule has 0 atom stereocenters. The number of anilines is 2. The molecule has 3 heterocycles. The lowest BCUT2D eigenvalue weighted by molar-refractivity contribution is 0.0966. The van der Waals surface area contributed by atoms with E-state index in [1.54, 1.807) is 16.9 Å². The number of hydrogen-bond donors (Lipinski definition) is 2. The number of hydrogen-bond acceptors (Lipinski definition) is 6. The van der Waals surface area contributed by atoms with Crippen LogP contribution in [-0.2, 0) is 12.0 Å². The number of rotatable bonds is 3. The molecule has 5 rings (SSSR count). The van der Waals surface area contributed by atoms with Gasteiger partial charge in [0.25, 0.3) is 5.91 Å². The number of benzene rings is 2. The minimum absolute atomic E-state index is 0.0401. The largest absolute Gasteiger partial charge is 0.348 e. The highest BCUT2D eigenvalue weighted by Crippen LogP contribution is 2.25. The summed E-state index contributed by atoms with van der Waals surface area (Å²) in [5.41, 5.74) is 5.93. The molecule has 1 amide bonds. The first-order chi connectivity index (χ1) is 14.4. The molecule has 2 aromatic heterocycles. The van der Waals surface area contributed by atoms with Crippen molar-refractivity contribution in [1.29, 1.82) is 0 Å². The van der Waals surface area contributed by atoms with Crippen molar-refractivity contribution in [3.8, 4) is 5.69 Å². The molecule has 8 nitrogen and oxygen atoms in total. The first kappa shape index (κ1) is 18.2. The van der Waals surface area contributed by atoms with Gasteiger partial charge in [0.05, 0.1) is 11.9 Å². The molecule has 0 fully saturated rings. The first-order valence-electron chi connectivity index (χ1n) is 9.76. The van der Waals surface area contributed by atoms with Crippen molar-refractivity contribution < 1.29 is 4.79 Å². The number of nitrogens with one attached hydrogen (secondary N) is 2. The standard InChI is InChI=1S/C22H21N7O/c1-22(2,3)14-4-7-16(8-5-14)29-19-18(27-28-29)12-24-21(26-19)25-15-6-9-17-13(10-15)11-23-20(17)30/h4-10,12H,11H2,1-3H3,(H,23,30)(H,24,25,26). The Labute approximate surface area is 173 Å². The van der Waals surface area contributed by atoms with E-state index in [0.29, 0.717) is 29.2 Å². The summed E-state index contributed by atoms with van der Waals surface area (Å²) in [4.78, 5) is 20.7. The summed E-state index contributed by atoms with van der Waals surface area (Å²) in [6, 6.07) is 13.8. The molecule has 0 radical (unpaired) electrons. The maximum absolute atomic E-state index is 11.7. The molecule has 0 saturated carbocycles. The third kappa shape index (κ3) is 3.16. The number of fused-ring (bicyclic) bond motifs is 2. The Morgan fingerprint density at radius 3 is 2.67 bits per heavy atom. The van der Waals surface area contributed by atoms with E-state index in [0.717, 1.165) is 16.9 Å². The zero-order valence-corrected chi connectivity index (χ0v) is 17.0. The molecule has 1 aliphatic rings. The number of amides is 1. The third-order valence-electron chi connectivity index (χ3n) is 5.22. The molecule has 4 aromatic rings. The smallest absolute Gasteiger partial charge is 0.251 e. The Kier molecular flexibility index (Phi) is 4.02. The molecule has 1 aliphatic heterocycles. The van der Waals surface area contributed by atoms with Crippen molar-refractivity contribution in [2.75, 3.05) is 5.32 Å². The minimum Gasteiger partial charge on any atom is -0.348 e. The Morgan fingerprint density at radius 2 is 1.90 bits per heavy atom. The van der Waals surface area contributed by atoms with Crippen molar-refractivity contribution in [1.82, 2.24) is 30.3 Å². The fourth-order valence-electron chi connectivity index (χ4n) is 3.50. The Morgan fingerprint density at radius 1 is 1.10 bits per heavy atom. The Balaban J connectivity index is 1.47. The van der Waals surface area contributed by atoms with E-state index in [-0.39, 0.29) is 11.3 Å². The molecular formula is C22H21N7O. The SMILES string of the molecule is CC(C)(C)c1ccc(-n2nnc3cnc(Nc4ccc5c(c4)CNC5=O)nc32)cc1. The molecule has 2 aromatic carbocycles. The molecule has 0 saturated heterocycles. The summed E-state index contributed by atoms with van der Waals surface area (Å²) in [6.45, 7) is 7.08. The van der Waals surface area contributed by atoms with Gasteiger partial charge in [-0.25, -0.2) is 4.98 Å². The van der Waals surface area contributed by atoms with Crippen LogP contribution in [0.15, 0.2) is 48.7 Å². The highest BCUT2D eigenvalue weighted by Gasteiger charge is 2.19. The van der Waals surface area contributed by atoms with Crippen molar-refractivity contribution in [3.05, 3.63) is 65.4 Å². The predicted molar refractivity (Wildman–Crippen MR) is 114 cm³/mol. The second-order valence-corrected chi connectivity index (χ2v) is 8.38. The molecule has 0 unspecified atom stereocenters. The van der Waals surface area contributed by atoms with Crippen LogP contribution in [0.3, 0.4) is 0 Å². The molecule has 0 aliphatic carbocycles. The van der Waals surface area contributed by atoms with Gasteiger partial charge in [-0.15, -0.1) is 5.10 Å². The summed E-state index contributed by atoms with van der Waals surface area (Å²) in [5.74, 6) is 0.399. The van der Waals surface area contributed by atoms with Gasteiger partial charge >= 0.3 is 0 Å². The van der Waals surface area contributed by atoms with Gasteiger partial charge < -0.3 is 10.6 Å². The molecule has 150 valence electrons. The quantitative estimate of drug-likeness (QED) is 0.547. The van der Waals surface area contributed by atoms with E-state index in [1.807, 2.05) is 24.3 Å². The fourth-order valence-corrected chi connectivity index (χ4v) is 3.50. The normalized spacial score (nSPS) is 13.4. The van der Waals surface area contributed by atoms with E-state index in [9.17, 15) is 4.79 Å². The van der Waals surface area contributed by atoms with Gasteiger partial charge in [-0.05, 0) is 46.9 Å². The Bertz CT molecular complexity index is 1270.